The van der Waals surface area contributed by atoms with Crippen molar-refractivity contribution in [3.63, 3.8) is 0 Å². The lowest BCUT2D eigenvalue weighted by Crippen LogP contribution is -2.31. The van der Waals surface area contributed by atoms with Crippen LogP contribution in [-0.4, -0.2) is 25.0 Å². The van der Waals surface area contributed by atoms with Crippen molar-refractivity contribution in [1.82, 2.24) is 5.32 Å². The Morgan fingerprint density at radius 2 is 2.00 bits per heavy atom. The van der Waals surface area contributed by atoms with Crippen LogP contribution in [0.15, 0.2) is 18.2 Å². The second-order valence-corrected chi connectivity index (χ2v) is 5.61. The summed E-state index contributed by atoms with van der Waals surface area (Å²) >= 11 is 0. The minimum absolute atomic E-state index is 0.220. The molecule has 0 aromatic heterocycles. The van der Waals surface area contributed by atoms with Crippen LogP contribution >= 0.6 is 0 Å². The minimum atomic E-state index is -0.431. The Hall–Kier alpha value is -1.84. The molecule has 0 atom stereocenters. The van der Waals surface area contributed by atoms with Gasteiger partial charge in [0.2, 0.25) is 0 Å². The van der Waals surface area contributed by atoms with Crippen LogP contribution in [0, 0.1) is 5.92 Å². The van der Waals surface area contributed by atoms with Gasteiger partial charge in [-0.05, 0) is 48.4 Å². The first kappa shape index (κ1) is 14.6. The summed E-state index contributed by atoms with van der Waals surface area (Å²) in [5, 5.41) is 2.71. The largest absolute Gasteiger partial charge is 0.452 e. The predicted octanol–water partition coefficient (Wildman–Crippen LogP) is 2.10. The van der Waals surface area contributed by atoms with Crippen LogP contribution in [0.1, 0.15) is 41.8 Å². The molecule has 1 aliphatic rings. The Morgan fingerprint density at radius 3 is 2.75 bits per heavy atom. The van der Waals surface area contributed by atoms with Gasteiger partial charge in [-0.1, -0.05) is 19.9 Å². The van der Waals surface area contributed by atoms with Crippen molar-refractivity contribution in [3.8, 4) is 0 Å². The van der Waals surface area contributed by atoms with Crippen molar-refractivity contribution in [3.05, 3.63) is 34.9 Å². The molecule has 0 saturated heterocycles. The van der Waals surface area contributed by atoms with Crippen molar-refractivity contribution in [2.75, 3.05) is 13.2 Å². The predicted molar refractivity (Wildman–Crippen MR) is 76.6 cm³/mol. The van der Waals surface area contributed by atoms with E-state index in [0.717, 1.165) is 19.3 Å². The number of carbonyl (C=O) groups excluding carboxylic acids is 2. The van der Waals surface area contributed by atoms with Gasteiger partial charge in [-0.3, -0.25) is 4.79 Å². The summed E-state index contributed by atoms with van der Waals surface area (Å²) in [5.74, 6) is -0.307. The number of rotatable bonds is 5. The van der Waals surface area contributed by atoms with Gasteiger partial charge in [0.05, 0.1) is 5.56 Å². The van der Waals surface area contributed by atoms with Gasteiger partial charge in [0, 0.05) is 6.54 Å². The Kier molecular flexibility index (Phi) is 4.77. The molecule has 2 rings (SSSR count). The highest BCUT2D eigenvalue weighted by atomic mass is 16.5. The standard InChI is InChI=1S/C16H21NO3/c1-11(2)9-17-15(18)10-20-16(19)14-7-6-12-4-3-5-13(12)8-14/h6-8,11H,3-5,9-10H2,1-2H3,(H,17,18). The topological polar surface area (TPSA) is 55.4 Å². The second kappa shape index (κ2) is 6.55. The Balaban J connectivity index is 1.84. The molecule has 0 aliphatic heterocycles. The number of esters is 1. The van der Waals surface area contributed by atoms with Gasteiger partial charge < -0.3 is 10.1 Å². The summed E-state index contributed by atoms with van der Waals surface area (Å²) in [5.41, 5.74) is 3.07. The summed E-state index contributed by atoms with van der Waals surface area (Å²) < 4.78 is 5.03. The second-order valence-electron chi connectivity index (χ2n) is 5.61. The lowest BCUT2D eigenvalue weighted by Gasteiger charge is -2.09. The van der Waals surface area contributed by atoms with Gasteiger partial charge in [0.15, 0.2) is 6.61 Å². The molecule has 0 unspecified atom stereocenters. The van der Waals surface area contributed by atoms with Gasteiger partial charge in [0.1, 0.15) is 0 Å². The molecular formula is C16H21NO3. The van der Waals surface area contributed by atoms with E-state index in [1.165, 1.54) is 11.1 Å². The fraction of sp³-hybridized carbons (Fsp3) is 0.500. The molecule has 0 radical (unpaired) electrons. The van der Waals surface area contributed by atoms with Gasteiger partial charge in [-0.15, -0.1) is 0 Å². The van der Waals surface area contributed by atoms with Crippen LogP contribution in [-0.2, 0) is 22.4 Å². The van der Waals surface area contributed by atoms with Gasteiger partial charge in [0.25, 0.3) is 5.91 Å². The van der Waals surface area contributed by atoms with E-state index in [-0.39, 0.29) is 12.5 Å². The molecule has 1 aromatic carbocycles. The smallest absolute Gasteiger partial charge is 0.338 e. The lowest BCUT2D eigenvalue weighted by molar-refractivity contribution is -0.124. The highest BCUT2D eigenvalue weighted by molar-refractivity contribution is 5.91. The number of fused-ring (bicyclic) bond motifs is 1. The maximum absolute atomic E-state index is 11.9. The van der Waals surface area contributed by atoms with Gasteiger partial charge >= 0.3 is 5.97 Å². The number of hydrogen-bond donors (Lipinski definition) is 1. The van der Waals surface area contributed by atoms with Crippen LogP contribution in [0.5, 0.6) is 0 Å². The molecule has 1 amide bonds. The quantitative estimate of drug-likeness (QED) is 0.837. The minimum Gasteiger partial charge on any atom is -0.452 e. The average Bonchev–Trinajstić information content (AvgIpc) is 2.89. The summed E-state index contributed by atoms with van der Waals surface area (Å²) in [6.07, 6.45) is 3.25. The normalized spacial score (nSPS) is 13.2. The van der Waals surface area contributed by atoms with Crippen LogP contribution in [0.3, 0.4) is 0 Å². The maximum Gasteiger partial charge on any atom is 0.338 e. The van der Waals surface area contributed by atoms with E-state index < -0.39 is 5.97 Å². The molecule has 0 spiro atoms. The Bertz CT molecular complexity index is 508. The van der Waals surface area contributed by atoms with Crippen LogP contribution in [0.25, 0.3) is 0 Å². The van der Waals surface area contributed by atoms with E-state index in [1.807, 2.05) is 26.0 Å². The maximum atomic E-state index is 11.9. The van der Waals surface area contributed by atoms with Crippen LogP contribution in [0.2, 0.25) is 0 Å². The number of carbonyl (C=O) groups is 2. The van der Waals surface area contributed by atoms with Gasteiger partial charge in [-0.2, -0.15) is 0 Å². The van der Waals surface area contributed by atoms with Crippen molar-refractivity contribution in [2.45, 2.75) is 33.1 Å². The fourth-order valence-electron chi connectivity index (χ4n) is 2.28. The van der Waals surface area contributed by atoms with Crippen LogP contribution < -0.4 is 5.32 Å². The number of ether oxygens (including phenoxy) is 1. The molecule has 20 heavy (non-hydrogen) atoms. The first-order chi connectivity index (χ1) is 9.56. The molecule has 1 aromatic rings. The zero-order valence-electron chi connectivity index (χ0n) is 12.1. The molecular weight excluding hydrogens is 254 g/mol. The zero-order chi connectivity index (χ0) is 14.5. The third kappa shape index (κ3) is 3.83. The highest BCUT2D eigenvalue weighted by Crippen LogP contribution is 2.23. The molecule has 0 bridgehead atoms. The summed E-state index contributed by atoms with van der Waals surface area (Å²) in [4.78, 5) is 23.4. The van der Waals surface area contributed by atoms with E-state index in [0.29, 0.717) is 18.0 Å². The summed E-state index contributed by atoms with van der Waals surface area (Å²) in [6, 6.07) is 5.65. The first-order valence-electron chi connectivity index (χ1n) is 7.12. The molecule has 1 aliphatic carbocycles. The SMILES string of the molecule is CC(C)CNC(=O)COC(=O)c1ccc2c(c1)CCC2. The number of amides is 1. The summed E-state index contributed by atoms with van der Waals surface area (Å²) in [6.45, 7) is 4.39. The fourth-order valence-corrected chi connectivity index (χ4v) is 2.28. The number of benzene rings is 1. The van der Waals surface area contributed by atoms with E-state index in [9.17, 15) is 9.59 Å². The Morgan fingerprint density at radius 1 is 1.25 bits per heavy atom. The number of aryl methyl sites for hydroxylation is 2. The van der Waals surface area contributed by atoms with E-state index in [1.54, 1.807) is 6.07 Å². The van der Waals surface area contributed by atoms with Gasteiger partial charge in [-0.25, -0.2) is 4.79 Å². The van der Waals surface area contributed by atoms with E-state index in [2.05, 4.69) is 5.32 Å². The molecule has 0 fully saturated rings. The molecule has 1 N–H and O–H groups in total. The average molecular weight is 275 g/mol. The van der Waals surface area contributed by atoms with Crippen molar-refractivity contribution in [1.29, 1.82) is 0 Å². The van der Waals surface area contributed by atoms with E-state index in [4.69, 9.17) is 4.74 Å². The zero-order valence-corrected chi connectivity index (χ0v) is 12.1. The number of nitrogens with one attached hydrogen (secondary N) is 1. The monoisotopic (exact) mass is 275 g/mol. The molecule has 4 nitrogen and oxygen atoms in total. The van der Waals surface area contributed by atoms with Crippen molar-refractivity contribution >= 4 is 11.9 Å². The Labute approximate surface area is 119 Å². The third-order valence-corrected chi connectivity index (χ3v) is 3.38. The van der Waals surface area contributed by atoms with Crippen molar-refractivity contribution in [2.24, 2.45) is 5.92 Å². The molecule has 4 heteroatoms. The van der Waals surface area contributed by atoms with E-state index >= 15 is 0 Å². The van der Waals surface area contributed by atoms with Crippen LogP contribution in [0.4, 0.5) is 0 Å². The first-order valence-corrected chi connectivity index (χ1v) is 7.12. The molecule has 0 heterocycles. The lowest BCUT2D eigenvalue weighted by atomic mass is 10.1. The molecule has 108 valence electrons. The van der Waals surface area contributed by atoms with Crippen molar-refractivity contribution < 1.29 is 14.3 Å². The summed E-state index contributed by atoms with van der Waals surface area (Å²) in [7, 11) is 0. The number of hydrogen-bond acceptors (Lipinski definition) is 3. The third-order valence-electron chi connectivity index (χ3n) is 3.38. The molecule has 0 saturated carbocycles. The highest BCUT2D eigenvalue weighted by Gasteiger charge is 2.15.